The molecule has 0 N–H and O–H groups in total. The first-order valence-corrected chi connectivity index (χ1v) is 16.1. The third-order valence-corrected chi connectivity index (χ3v) is 8.72. The van der Waals surface area contributed by atoms with Crippen LogP contribution in [-0.2, 0) is 0 Å². The van der Waals surface area contributed by atoms with Gasteiger partial charge in [-0.05, 0) is 30.3 Å². The summed E-state index contributed by atoms with van der Waals surface area (Å²) in [6.45, 7) is 2.92. The predicted molar refractivity (Wildman–Crippen MR) is 192 cm³/mol. The maximum absolute atomic E-state index is 6.74. The SMILES string of the molecule is C[N+](C)(C)CCOc1cc(OCC[N+](C)(C)C)c(-n2c3ccccc3c3ccccc32)cc1-n1c2ccccc2c2ccccc21. The van der Waals surface area contributed by atoms with Gasteiger partial charge < -0.3 is 27.6 Å². The van der Waals surface area contributed by atoms with Crippen molar-refractivity contribution in [1.29, 1.82) is 0 Å². The number of quaternary nitrogens is 2. The van der Waals surface area contributed by atoms with E-state index >= 15 is 0 Å². The Kier molecular flexibility index (Phi) is 7.50. The molecular weight excluding hydrogens is 568 g/mol. The Morgan fingerprint density at radius 1 is 0.435 bits per heavy atom. The Labute approximate surface area is 271 Å². The maximum atomic E-state index is 6.74. The van der Waals surface area contributed by atoms with E-state index in [-0.39, 0.29) is 0 Å². The number of rotatable bonds is 10. The van der Waals surface area contributed by atoms with Gasteiger partial charge in [-0.3, -0.25) is 0 Å². The van der Waals surface area contributed by atoms with Gasteiger partial charge in [0.1, 0.15) is 37.8 Å². The van der Waals surface area contributed by atoms with Gasteiger partial charge in [0.2, 0.25) is 0 Å². The van der Waals surface area contributed by atoms with Gasteiger partial charge in [-0.15, -0.1) is 0 Å². The number of benzene rings is 5. The first-order chi connectivity index (χ1) is 22.1. The highest BCUT2D eigenvalue weighted by Crippen LogP contribution is 2.42. The third kappa shape index (κ3) is 5.59. The molecule has 46 heavy (non-hydrogen) atoms. The van der Waals surface area contributed by atoms with Gasteiger partial charge in [0, 0.05) is 27.6 Å². The van der Waals surface area contributed by atoms with Crippen LogP contribution in [0.15, 0.2) is 109 Å². The summed E-state index contributed by atoms with van der Waals surface area (Å²) in [5.74, 6) is 1.62. The maximum Gasteiger partial charge on any atom is 0.147 e. The predicted octanol–water partition coefficient (Wildman–Crippen LogP) is 8.05. The molecular formula is C40H44N4O2+2. The minimum Gasteiger partial charge on any atom is -0.485 e. The number of ether oxygens (including phenoxy) is 2. The van der Waals surface area contributed by atoms with Crippen LogP contribution in [0.5, 0.6) is 11.5 Å². The van der Waals surface area contributed by atoms with Crippen LogP contribution in [0.1, 0.15) is 0 Å². The van der Waals surface area contributed by atoms with Crippen LogP contribution in [0.3, 0.4) is 0 Å². The van der Waals surface area contributed by atoms with E-state index in [1.54, 1.807) is 0 Å². The Balaban J connectivity index is 1.53. The summed E-state index contributed by atoms with van der Waals surface area (Å²) in [6.07, 6.45) is 0. The monoisotopic (exact) mass is 612 g/mol. The summed E-state index contributed by atoms with van der Waals surface area (Å²) in [5.41, 5.74) is 6.57. The van der Waals surface area contributed by atoms with Crippen molar-refractivity contribution in [2.24, 2.45) is 0 Å². The molecule has 2 aromatic heterocycles. The molecule has 0 spiro atoms. The summed E-state index contributed by atoms with van der Waals surface area (Å²) in [7, 11) is 13.2. The topological polar surface area (TPSA) is 28.3 Å². The first kappa shape index (κ1) is 29.9. The van der Waals surface area contributed by atoms with Crippen LogP contribution >= 0.6 is 0 Å². The molecule has 0 fully saturated rings. The summed E-state index contributed by atoms with van der Waals surface area (Å²) in [6, 6.07) is 39.0. The number of likely N-dealkylation sites (N-methyl/N-ethyl adjacent to an activating group) is 2. The van der Waals surface area contributed by atoms with Crippen molar-refractivity contribution in [3.05, 3.63) is 109 Å². The number of nitrogens with zero attached hydrogens (tertiary/aromatic N) is 4. The highest BCUT2D eigenvalue weighted by atomic mass is 16.5. The van der Waals surface area contributed by atoms with Gasteiger partial charge >= 0.3 is 0 Å². The lowest BCUT2D eigenvalue weighted by Gasteiger charge is -2.26. The van der Waals surface area contributed by atoms with Crippen molar-refractivity contribution in [2.75, 3.05) is 68.6 Å². The summed E-state index contributed by atoms with van der Waals surface area (Å²) >= 11 is 0. The molecule has 6 heteroatoms. The molecule has 7 aromatic rings. The smallest absolute Gasteiger partial charge is 0.147 e. The fourth-order valence-electron chi connectivity index (χ4n) is 6.34. The molecule has 0 aliphatic rings. The van der Waals surface area contributed by atoms with Crippen molar-refractivity contribution >= 4 is 43.6 Å². The van der Waals surface area contributed by atoms with Crippen molar-refractivity contribution in [2.45, 2.75) is 0 Å². The van der Waals surface area contributed by atoms with Crippen LogP contribution in [0, 0.1) is 0 Å². The highest BCUT2D eigenvalue weighted by Gasteiger charge is 2.23. The van der Waals surface area contributed by atoms with Crippen LogP contribution in [0.25, 0.3) is 55.0 Å². The molecule has 6 nitrogen and oxygen atoms in total. The van der Waals surface area contributed by atoms with Crippen LogP contribution in [-0.4, -0.2) is 86.7 Å². The Bertz CT molecular complexity index is 1930. The van der Waals surface area contributed by atoms with E-state index in [1.807, 2.05) is 0 Å². The second-order valence-corrected chi connectivity index (χ2v) is 14.3. The standard InChI is InChI=1S/C40H44N4O2/c1-43(2,3)23-25-45-39-28-40(46-26-24-44(4,5)6)38(42-35-21-13-9-17-31(35)32-18-10-14-22-36(32)42)27-37(39)41-33-19-11-7-15-29(33)30-16-8-12-20-34(30)41/h7-22,27-28H,23-26H2,1-6H3/q+2. The fourth-order valence-corrected chi connectivity index (χ4v) is 6.34. The number of hydrogen-bond acceptors (Lipinski definition) is 2. The van der Waals surface area contributed by atoms with Crippen LogP contribution in [0.4, 0.5) is 0 Å². The first-order valence-electron chi connectivity index (χ1n) is 16.1. The van der Waals surface area contributed by atoms with E-state index < -0.39 is 0 Å². The van der Waals surface area contributed by atoms with Crippen molar-refractivity contribution in [3.63, 3.8) is 0 Å². The van der Waals surface area contributed by atoms with Gasteiger partial charge in [0.25, 0.3) is 0 Å². The third-order valence-electron chi connectivity index (χ3n) is 8.72. The number of para-hydroxylation sites is 4. The van der Waals surface area contributed by atoms with Crippen molar-refractivity contribution in [1.82, 2.24) is 9.13 Å². The number of fused-ring (bicyclic) bond motifs is 6. The molecule has 7 rings (SSSR count). The van der Waals surface area contributed by atoms with Crippen LogP contribution in [0.2, 0.25) is 0 Å². The molecule has 0 saturated heterocycles. The fraction of sp³-hybridized carbons (Fsp3) is 0.250. The lowest BCUT2D eigenvalue weighted by Crippen LogP contribution is -2.38. The second-order valence-electron chi connectivity index (χ2n) is 14.3. The Morgan fingerprint density at radius 3 is 1.04 bits per heavy atom. The molecule has 5 aromatic carbocycles. The zero-order valence-electron chi connectivity index (χ0n) is 27.8. The lowest BCUT2D eigenvalue weighted by molar-refractivity contribution is -0.870. The summed E-state index contributed by atoms with van der Waals surface area (Å²) in [5, 5.41) is 4.88. The molecule has 0 saturated carbocycles. The molecule has 0 unspecified atom stereocenters. The van der Waals surface area contributed by atoms with Gasteiger partial charge in [-0.2, -0.15) is 0 Å². The van der Waals surface area contributed by atoms with Gasteiger partial charge in [-0.25, -0.2) is 0 Å². The normalized spacial score (nSPS) is 12.5. The quantitative estimate of drug-likeness (QED) is 0.146. The summed E-state index contributed by atoms with van der Waals surface area (Å²) < 4.78 is 19.8. The molecule has 0 atom stereocenters. The largest absolute Gasteiger partial charge is 0.485 e. The highest BCUT2D eigenvalue weighted by molar-refractivity contribution is 6.11. The average Bonchev–Trinajstić information content (AvgIpc) is 3.53. The van der Waals surface area contributed by atoms with E-state index in [0.29, 0.717) is 13.2 Å². The molecule has 0 radical (unpaired) electrons. The number of hydrogen-bond donors (Lipinski definition) is 0. The molecule has 2 heterocycles. The van der Waals surface area contributed by atoms with E-state index in [2.05, 4.69) is 161 Å². The zero-order valence-corrected chi connectivity index (χ0v) is 27.8. The van der Waals surface area contributed by atoms with Crippen molar-refractivity contribution in [3.8, 4) is 22.9 Å². The van der Waals surface area contributed by atoms with E-state index in [0.717, 1.165) is 67.0 Å². The average molecular weight is 613 g/mol. The molecule has 234 valence electrons. The Morgan fingerprint density at radius 2 is 0.739 bits per heavy atom. The van der Waals surface area contributed by atoms with Gasteiger partial charge in [-0.1, -0.05) is 72.8 Å². The Hall–Kier alpha value is -4.78. The summed E-state index contributed by atoms with van der Waals surface area (Å²) in [4.78, 5) is 0. The number of aromatic nitrogens is 2. The molecule has 0 aliphatic carbocycles. The van der Waals surface area contributed by atoms with Gasteiger partial charge in [0.05, 0.1) is 75.7 Å². The molecule has 0 aliphatic heterocycles. The minimum atomic E-state index is 0.584. The van der Waals surface area contributed by atoms with Crippen molar-refractivity contribution < 1.29 is 18.4 Å². The molecule has 0 amide bonds. The van der Waals surface area contributed by atoms with E-state index in [4.69, 9.17) is 9.47 Å². The van der Waals surface area contributed by atoms with Gasteiger partial charge in [0.15, 0.2) is 0 Å². The zero-order chi connectivity index (χ0) is 32.1. The molecule has 0 bridgehead atoms. The lowest BCUT2D eigenvalue weighted by atomic mass is 10.2. The van der Waals surface area contributed by atoms with Crippen LogP contribution < -0.4 is 9.47 Å². The van der Waals surface area contributed by atoms with E-state index in [9.17, 15) is 0 Å². The second kappa shape index (κ2) is 11.5. The van der Waals surface area contributed by atoms with E-state index in [1.165, 1.54) is 21.5 Å². The minimum absolute atomic E-state index is 0.584.